The van der Waals surface area contributed by atoms with Crippen molar-refractivity contribution in [2.24, 2.45) is 0 Å². The van der Waals surface area contributed by atoms with Crippen LogP contribution in [-0.4, -0.2) is 17.5 Å². The number of rotatable bonds is 3. The molecule has 4 nitrogen and oxygen atoms in total. The van der Waals surface area contributed by atoms with Gasteiger partial charge in [0, 0.05) is 33.5 Å². The average Bonchev–Trinajstić information content (AvgIpc) is 2.83. The fraction of sp³-hybridized carbons (Fsp3) is 0. The van der Waals surface area contributed by atoms with Crippen molar-refractivity contribution in [2.45, 2.75) is 0 Å². The molecule has 31 heavy (non-hydrogen) atoms. The van der Waals surface area contributed by atoms with Gasteiger partial charge in [-0.05, 0) is 41.5 Å². The van der Waals surface area contributed by atoms with Gasteiger partial charge in [-0.2, -0.15) is 0 Å². The molecule has 0 radical (unpaired) electrons. The summed E-state index contributed by atoms with van der Waals surface area (Å²) >= 11 is 0. The van der Waals surface area contributed by atoms with Gasteiger partial charge in [0.25, 0.3) is 5.91 Å². The summed E-state index contributed by atoms with van der Waals surface area (Å²) in [6.45, 7) is 0. The second-order valence-corrected chi connectivity index (χ2v) is 7.36. The number of amides is 1. The molecule has 0 aliphatic heterocycles. The third-order valence-corrected chi connectivity index (χ3v) is 5.44. The Morgan fingerprint density at radius 1 is 0.548 bits per heavy atom. The van der Waals surface area contributed by atoms with Gasteiger partial charge in [0.1, 0.15) is 0 Å². The van der Waals surface area contributed by atoms with E-state index in [4.69, 9.17) is 0 Å². The number of nitrogens with one attached hydrogen (secondary N) is 1. The third kappa shape index (κ3) is 3.34. The molecule has 4 aromatic carbocycles. The highest BCUT2D eigenvalue weighted by atomic mass is 16.2. The maximum atomic E-state index is 12.9. The number of benzene rings is 4. The second kappa shape index (κ2) is 7.50. The Kier molecular flexibility index (Phi) is 4.53. The SMILES string of the molecule is O=C(Nc1ccc2c(c1)C(=O)c1ccccc1C2=O)c1ccc(-c2ccccc2)cc1. The van der Waals surface area contributed by atoms with Crippen molar-refractivity contribution in [2.75, 3.05) is 5.32 Å². The van der Waals surface area contributed by atoms with Gasteiger partial charge in [0.15, 0.2) is 11.6 Å². The highest BCUT2D eigenvalue weighted by Crippen LogP contribution is 2.29. The lowest BCUT2D eigenvalue weighted by atomic mass is 9.84. The molecule has 0 unspecified atom stereocenters. The average molecular weight is 403 g/mol. The molecule has 4 heteroatoms. The minimum atomic E-state index is -0.283. The van der Waals surface area contributed by atoms with Crippen LogP contribution in [-0.2, 0) is 0 Å². The lowest BCUT2D eigenvalue weighted by molar-refractivity contribution is 0.0979. The van der Waals surface area contributed by atoms with E-state index in [-0.39, 0.29) is 17.5 Å². The lowest BCUT2D eigenvalue weighted by Gasteiger charge is -2.18. The van der Waals surface area contributed by atoms with Gasteiger partial charge in [-0.3, -0.25) is 14.4 Å². The fourth-order valence-electron chi connectivity index (χ4n) is 3.83. The Morgan fingerprint density at radius 2 is 1.10 bits per heavy atom. The molecule has 5 rings (SSSR count). The molecule has 1 aliphatic carbocycles. The normalized spacial score (nSPS) is 12.1. The molecule has 0 bridgehead atoms. The lowest BCUT2D eigenvalue weighted by Crippen LogP contribution is -2.21. The summed E-state index contributed by atoms with van der Waals surface area (Å²) in [5.74, 6) is -0.678. The molecular weight excluding hydrogens is 386 g/mol. The fourth-order valence-corrected chi connectivity index (χ4v) is 3.83. The predicted molar refractivity (Wildman–Crippen MR) is 120 cm³/mol. The molecular formula is C27H17NO3. The Balaban J connectivity index is 1.39. The van der Waals surface area contributed by atoms with Crippen LogP contribution in [0.15, 0.2) is 97.1 Å². The van der Waals surface area contributed by atoms with Crippen LogP contribution in [0.2, 0.25) is 0 Å². The Morgan fingerprint density at radius 3 is 1.77 bits per heavy atom. The van der Waals surface area contributed by atoms with Crippen LogP contribution >= 0.6 is 0 Å². The highest BCUT2D eigenvalue weighted by molar-refractivity contribution is 6.28. The van der Waals surface area contributed by atoms with Crippen molar-refractivity contribution in [1.82, 2.24) is 0 Å². The number of ketones is 2. The summed E-state index contributed by atoms with van der Waals surface area (Å²) < 4.78 is 0. The molecule has 0 heterocycles. The van der Waals surface area contributed by atoms with Crippen molar-refractivity contribution in [3.8, 4) is 11.1 Å². The molecule has 0 spiro atoms. The van der Waals surface area contributed by atoms with Crippen molar-refractivity contribution in [3.63, 3.8) is 0 Å². The summed E-state index contributed by atoms with van der Waals surface area (Å²) in [7, 11) is 0. The molecule has 0 fully saturated rings. The van der Waals surface area contributed by atoms with E-state index >= 15 is 0 Å². The first-order chi connectivity index (χ1) is 15.1. The molecule has 0 aromatic heterocycles. The van der Waals surface area contributed by atoms with Gasteiger partial charge >= 0.3 is 0 Å². The van der Waals surface area contributed by atoms with Gasteiger partial charge in [-0.25, -0.2) is 0 Å². The first-order valence-electron chi connectivity index (χ1n) is 9.91. The zero-order valence-corrected chi connectivity index (χ0v) is 16.5. The van der Waals surface area contributed by atoms with Crippen LogP contribution in [0.4, 0.5) is 5.69 Å². The van der Waals surface area contributed by atoms with Crippen LogP contribution in [0, 0.1) is 0 Å². The minimum absolute atomic E-state index is 0.181. The van der Waals surface area contributed by atoms with Crippen molar-refractivity contribution in [3.05, 3.63) is 125 Å². The molecule has 0 saturated carbocycles. The molecule has 1 amide bonds. The van der Waals surface area contributed by atoms with Crippen molar-refractivity contribution in [1.29, 1.82) is 0 Å². The van der Waals surface area contributed by atoms with Crippen molar-refractivity contribution >= 4 is 23.2 Å². The number of hydrogen-bond donors (Lipinski definition) is 1. The van der Waals surface area contributed by atoms with Crippen LogP contribution in [0.25, 0.3) is 11.1 Å². The summed E-state index contributed by atoms with van der Waals surface area (Å²) in [6.07, 6.45) is 0. The van der Waals surface area contributed by atoms with Crippen molar-refractivity contribution < 1.29 is 14.4 Å². The minimum Gasteiger partial charge on any atom is -0.322 e. The molecule has 1 aliphatic rings. The van der Waals surface area contributed by atoms with Gasteiger partial charge in [0.05, 0.1) is 0 Å². The quantitative estimate of drug-likeness (QED) is 0.440. The largest absolute Gasteiger partial charge is 0.322 e. The summed E-state index contributed by atoms with van der Waals surface area (Å²) in [4.78, 5) is 38.3. The van der Waals surface area contributed by atoms with Gasteiger partial charge in [-0.1, -0.05) is 66.7 Å². The smallest absolute Gasteiger partial charge is 0.255 e. The summed E-state index contributed by atoms with van der Waals surface area (Å²) in [5, 5.41) is 2.82. The van der Waals surface area contributed by atoms with Gasteiger partial charge < -0.3 is 5.32 Å². The summed E-state index contributed by atoms with van der Waals surface area (Å²) in [5.41, 5.74) is 4.54. The van der Waals surface area contributed by atoms with E-state index < -0.39 is 0 Å². The number of anilines is 1. The molecule has 0 saturated heterocycles. The van der Waals surface area contributed by atoms with Crippen LogP contribution < -0.4 is 5.32 Å². The van der Waals surface area contributed by atoms with Crippen LogP contribution in [0.1, 0.15) is 42.2 Å². The topological polar surface area (TPSA) is 63.2 Å². The first-order valence-corrected chi connectivity index (χ1v) is 9.91. The zero-order valence-electron chi connectivity index (χ0n) is 16.5. The number of carbonyl (C=O) groups excluding carboxylic acids is 3. The molecule has 1 N–H and O–H groups in total. The summed E-state index contributed by atoms with van der Waals surface area (Å²) in [6, 6.07) is 28.9. The van der Waals surface area contributed by atoms with Gasteiger partial charge in [0.2, 0.25) is 0 Å². The van der Waals surface area contributed by atoms with E-state index in [0.717, 1.165) is 11.1 Å². The third-order valence-electron chi connectivity index (χ3n) is 5.44. The standard InChI is InChI=1S/C27H17NO3/c29-25-21-8-4-5-9-22(21)26(30)24-16-20(14-15-23(24)25)28-27(31)19-12-10-18(11-13-19)17-6-2-1-3-7-17/h1-16H,(H,28,31). The van der Waals surface area contributed by atoms with E-state index in [9.17, 15) is 14.4 Å². The maximum Gasteiger partial charge on any atom is 0.255 e. The monoisotopic (exact) mass is 403 g/mol. The number of hydrogen-bond acceptors (Lipinski definition) is 3. The van der Waals surface area contributed by atoms with E-state index in [1.165, 1.54) is 0 Å². The highest BCUT2D eigenvalue weighted by Gasteiger charge is 2.29. The zero-order chi connectivity index (χ0) is 21.4. The van der Waals surface area contributed by atoms with Gasteiger partial charge in [-0.15, -0.1) is 0 Å². The van der Waals surface area contributed by atoms with E-state index in [1.807, 2.05) is 42.5 Å². The Hall–Kier alpha value is -4.31. The maximum absolute atomic E-state index is 12.9. The van der Waals surface area contributed by atoms with E-state index in [2.05, 4.69) is 5.32 Å². The second-order valence-electron chi connectivity index (χ2n) is 7.36. The molecule has 0 atom stereocenters. The predicted octanol–water partition coefficient (Wildman–Crippen LogP) is 5.38. The number of carbonyl (C=O) groups is 3. The van der Waals surface area contributed by atoms with E-state index in [1.54, 1.807) is 54.6 Å². The van der Waals surface area contributed by atoms with Crippen LogP contribution in [0.3, 0.4) is 0 Å². The first kappa shape index (κ1) is 18.7. The molecule has 4 aromatic rings. The Labute approximate surface area is 179 Å². The van der Waals surface area contributed by atoms with Crippen LogP contribution in [0.5, 0.6) is 0 Å². The molecule has 148 valence electrons. The number of fused-ring (bicyclic) bond motifs is 2. The Bertz CT molecular complexity index is 1340. The van der Waals surface area contributed by atoms with E-state index in [0.29, 0.717) is 33.5 Å².